The summed E-state index contributed by atoms with van der Waals surface area (Å²) in [6.07, 6.45) is 1.29. The molecule has 1 aliphatic rings. The number of aliphatic hydroxyl groups is 1. The maximum Gasteiger partial charge on any atom is 0.101 e. The maximum atomic E-state index is 10.5. The molecule has 96 valence electrons. The van der Waals surface area contributed by atoms with Crippen LogP contribution in [0.4, 0.5) is 5.69 Å². The summed E-state index contributed by atoms with van der Waals surface area (Å²) < 4.78 is 5.27. The number of benzene rings is 1. The molecule has 1 fully saturated rings. The number of rotatable bonds is 3. The normalized spacial score (nSPS) is 18.1. The van der Waals surface area contributed by atoms with E-state index in [0.717, 1.165) is 5.69 Å². The zero-order valence-electron chi connectivity index (χ0n) is 10.6. The Morgan fingerprint density at radius 3 is 2.72 bits per heavy atom. The van der Waals surface area contributed by atoms with Crippen LogP contribution in [0.15, 0.2) is 24.3 Å². The van der Waals surface area contributed by atoms with Gasteiger partial charge in [0.1, 0.15) is 6.07 Å². The molecule has 1 aromatic rings. The van der Waals surface area contributed by atoms with E-state index in [-0.39, 0.29) is 0 Å². The van der Waals surface area contributed by atoms with Crippen LogP contribution < -0.4 is 4.90 Å². The van der Waals surface area contributed by atoms with Crippen LogP contribution in [0.25, 0.3) is 0 Å². The van der Waals surface area contributed by atoms with Crippen molar-refractivity contribution in [2.45, 2.75) is 18.4 Å². The summed E-state index contributed by atoms with van der Waals surface area (Å²) in [7, 11) is 1.91. The fraction of sp³-hybridized carbons (Fsp3) is 0.500. The lowest BCUT2D eigenvalue weighted by Gasteiger charge is -2.36. The fourth-order valence-corrected chi connectivity index (χ4v) is 2.34. The van der Waals surface area contributed by atoms with Gasteiger partial charge < -0.3 is 14.7 Å². The average molecular weight is 246 g/mol. The highest BCUT2D eigenvalue weighted by Gasteiger charge is 2.31. The van der Waals surface area contributed by atoms with Crippen LogP contribution in [0.5, 0.6) is 0 Å². The average Bonchev–Trinajstić information content (AvgIpc) is 2.39. The van der Waals surface area contributed by atoms with Crippen LogP contribution in [0, 0.1) is 11.3 Å². The highest BCUT2D eigenvalue weighted by molar-refractivity contribution is 5.58. The van der Waals surface area contributed by atoms with E-state index >= 15 is 0 Å². The van der Waals surface area contributed by atoms with Gasteiger partial charge in [0.25, 0.3) is 0 Å². The Kier molecular flexibility index (Phi) is 3.85. The smallest absolute Gasteiger partial charge is 0.101 e. The third-order valence-electron chi connectivity index (χ3n) is 3.39. The molecule has 4 nitrogen and oxygen atoms in total. The van der Waals surface area contributed by atoms with Crippen molar-refractivity contribution in [2.75, 3.05) is 31.7 Å². The number of nitrogens with zero attached hydrogens (tertiary/aromatic N) is 2. The number of hydrogen-bond donors (Lipinski definition) is 1. The van der Waals surface area contributed by atoms with E-state index in [1.54, 1.807) is 6.07 Å². The van der Waals surface area contributed by atoms with Crippen molar-refractivity contribution in [2.24, 2.45) is 0 Å². The number of ether oxygens (including phenoxy) is 1. The quantitative estimate of drug-likeness (QED) is 0.879. The van der Waals surface area contributed by atoms with Gasteiger partial charge in [0, 0.05) is 39.6 Å². The van der Waals surface area contributed by atoms with Crippen LogP contribution in [0.3, 0.4) is 0 Å². The Hall–Kier alpha value is -1.57. The van der Waals surface area contributed by atoms with E-state index in [9.17, 15) is 5.11 Å². The highest BCUT2D eigenvalue weighted by atomic mass is 16.5. The fourth-order valence-electron chi connectivity index (χ4n) is 2.34. The molecule has 0 saturated carbocycles. The predicted molar refractivity (Wildman–Crippen MR) is 69.4 cm³/mol. The molecule has 0 amide bonds. The summed E-state index contributed by atoms with van der Waals surface area (Å²) in [6, 6.07) is 9.62. The Morgan fingerprint density at radius 2 is 2.06 bits per heavy atom. The molecular formula is C14H18N2O2. The molecule has 1 aromatic carbocycles. The number of hydrogen-bond acceptors (Lipinski definition) is 4. The monoisotopic (exact) mass is 246 g/mol. The standard InChI is InChI=1S/C14H18N2O2/c1-16(11-14(17)6-8-18-9-7-14)13-5-3-2-4-12(13)10-15/h2-5,17H,6-9,11H2,1H3. The molecule has 1 aliphatic heterocycles. The van der Waals surface area contributed by atoms with Gasteiger partial charge in [-0.05, 0) is 12.1 Å². The third-order valence-corrected chi connectivity index (χ3v) is 3.39. The van der Waals surface area contributed by atoms with E-state index in [2.05, 4.69) is 6.07 Å². The summed E-state index contributed by atoms with van der Waals surface area (Å²) in [5.41, 5.74) is 0.783. The first kappa shape index (κ1) is 12.9. The van der Waals surface area contributed by atoms with Crippen LogP contribution in [-0.2, 0) is 4.74 Å². The summed E-state index contributed by atoms with van der Waals surface area (Å²) in [5.74, 6) is 0. The molecule has 0 unspecified atom stereocenters. The van der Waals surface area contributed by atoms with E-state index in [1.807, 2.05) is 30.1 Å². The van der Waals surface area contributed by atoms with Crippen molar-refractivity contribution in [3.8, 4) is 6.07 Å². The minimum atomic E-state index is -0.713. The zero-order chi connectivity index (χ0) is 13.0. The molecule has 0 atom stereocenters. The number of likely N-dealkylation sites (N-methyl/N-ethyl adjacent to an activating group) is 1. The van der Waals surface area contributed by atoms with Gasteiger partial charge in [-0.2, -0.15) is 5.26 Å². The number of para-hydroxylation sites is 1. The predicted octanol–water partition coefficient (Wildman–Crippen LogP) is 1.54. The van der Waals surface area contributed by atoms with Crippen molar-refractivity contribution in [3.63, 3.8) is 0 Å². The second-order valence-electron chi connectivity index (χ2n) is 4.82. The largest absolute Gasteiger partial charge is 0.388 e. The summed E-state index contributed by atoms with van der Waals surface area (Å²) in [6.45, 7) is 1.73. The van der Waals surface area contributed by atoms with E-state index < -0.39 is 5.60 Å². The lowest BCUT2D eigenvalue weighted by Crippen LogP contribution is -2.45. The maximum absolute atomic E-state index is 10.5. The summed E-state index contributed by atoms with van der Waals surface area (Å²) in [4.78, 5) is 1.95. The minimum Gasteiger partial charge on any atom is -0.388 e. The third kappa shape index (κ3) is 2.81. The van der Waals surface area contributed by atoms with Crippen LogP contribution in [-0.4, -0.2) is 37.5 Å². The summed E-state index contributed by atoms with van der Waals surface area (Å²) >= 11 is 0. The molecule has 0 bridgehead atoms. The van der Waals surface area contributed by atoms with E-state index in [0.29, 0.717) is 38.2 Å². The molecule has 0 aromatic heterocycles. The first-order valence-electron chi connectivity index (χ1n) is 6.15. The van der Waals surface area contributed by atoms with E-state index in [1.165, 1.54) is 0 Å². The second-order valence-corrected chi connectivity index (χ2v) is 4.82. The van der Waals surface area contributed by atoms with Gasteiger partial charge in [-0.1, -0.05) is 12.1 Å². The molecule has 0 radical (unpaired) electrons. The lowest BCUT2D eigenvalue weighted by molar-refractivity contribution is -0.0572. The van der Waals surface area contributed by atoms with E-state index in [4.69, 9.17) is 10.00 Å². The van der Waals surface area contributed by atoms with Crippen LogP contribution in [0.1, 0.15) is 18.4 Å². The van der Waals surface area contributed by atoms with Crippen molar-refractivity contribution in [1.29, 1.82) is 5.26 Å². The lowest BCUT2D eigenvalue weighted by atomic mass is 9.93. The SMILES string of the molecule is CN(CC1(O)CCOCC1)c1ccccc1C#N. The van der Waals surface area contributed by atoms with Crippen LogP contribution >= 0.6 is 0 Å². The Balaban J connectivity index is 2.12. The Bertz CT molecular complexity index is 447. The van der Waals surface area contributed by atoms with Gasteiger partial charge in [0.15, 0.2) is 0 Å². The molecule has 0 spiro atoms. The Morgan fingerprint density at radius 1 is 1.39 bits per heavy atom. The number of anilines is 1. The van der Waals surface area contributed by atoms with Crippen molar-refractivity contribution in [3.05, 3.63) is 29.8 Å². The van der Waals surface area contributed by atoms with Crippen molar-refractivity contribution < 1.29 is 9.84 Å². The number of nitriles is 1. The highest BCUT2D eigenvalue weighted by Crippen LogP contribution is 2.25. The molecular weight excluding hydrogens is 228 g/mol. The molecule has 1 saturated heterocycles. The van der Waals surface area contributed by atoms with Crippen molar-refractivity contribution >= 4 is 5.69 Å². The van der Waals surface area contributed by atoms with Gasteiger partial charge in [0.2, 0.25) is 0 Å². The Labute approximate surface area is 107 Å². The molecule has 0 aliphatic carbocycles. The van der Waals surface area contributed by atoms with Gasteiger partial charge in [-0.3, -0.25) is 0 Å². The summed E-state index contributed by atoms with van der Waals surface area (Å²) in [5, 5.41) is 19.5. The molecule has 2 rings (SSSR count). The molecule has 1 heterocycles. The van der Waals surface area contributed by atoms with Crippen molar-refractivity contribution in [1.82, 2.24) is 0 Å². The molecule has 18 heavy (non-hydrogen) atoms. The second kappa shape index (κ2) is 5.38. The first-order valence-corrected chi connectivity index (χ1v) is 6.15. The van der Waals surface area contributed by atoms with Gasteiger partial charge in [0.05, 0.1) is 16.9 Å². The minimum absolute atomic E-state index is 0.523. The molecule has 1 N–H and O–H groups in total. The van der Waals surface area contributed by atoms with Gasteiger partial charge >= 0.3 is 0 Å². The first-order chi connectivity index (χ1) is 8.64. The molecule has 4 heteroatoms. The topological polar surface area (TPSA) is 56.5 Å². The van der Waals surface area contributed by atoms with Crippen LogP contribution in [0.2, 0.25) is 0 Å². The van der Waals surface area contributed by atoms with Gasteiger partial charge in [-0.25, -0.2) is 0 Å². The zero-order valence-corrected chi connectivity index (χ0v) is 10.6. The van der Waals surface area contributed by atoms with Gasteiger partial charge in [-0.15, -0.1) is 0 Å².